The lowest BCUT2D eigenvalue weighted by Gasteiger charge is -2.26. The molecule has 0 aromatic heterocycles. The second-order valence-corrected chi connectivity index (χ2v) is 3.95. The van der Waals surface area contributed by atoms with Crippen molar-refractivity contribution in [2.24, 2.45) is 0 Å². The maximum absolute atomic E-state index is 12.6. The Morgan fingerprint density at radius 3 is 2.47 bits per heavy atom. The van der Waals surface area contributed by atoms with Crippen molar-refractivity contribution in [3.05, 3.63) is 29.8 Å². The second kappa shape index (κ2) is 4.96. The summed E-state index contributed by atoms with van der Waals surface area (Å²) in [7, 11) is 0. The van der Waals surface area contributed by atoms with Crippen molar-refractivity contribution >= 4 is 0 Å². The van der Waals surface area contributed by atoms with E-state index in [1.165, 1.54) is 18.2 Å². The Kier molecular flexibility index (Phi) is 4.03. The first-order valence-corrected chi connectivity index (χ1v) is 5.31. The molecule has 0 bridgehead atoms. The van der Waals surface area contributed by atoms with Gasteiger partial charge in [0.05, 0.1) is 6.61 Å². The van der Waals surface area contributed by atoms with Crippen LogP contribution in [0.1, 0.15) is 25.8 Å². The van der Waals surface area contributed by atoms with E-state index in [0.717, 1.165) is 13.3 Å². The Morgan fingerprint density at radius 2 is 1.94 bits per heavy atom. The van der Waals surface area contributed by atoms with Crippen LogP contribution in [-0.2, 0) is 5.60 Å². The highest BCUT2D eigenvalue weighted by Gasteiger charge is 2.51. The summed E-state index contributed by atoms with van der Waals surface area (Å²) in [5, 5.41) is 9.49. The normalized spacial score (nSPS) is 15.4. The van der Waals surface area contributed by atoms with Crippen molar-refractivity contribution in [3.8, 4) is 5.75 Å². The van der Waals surface area contributed by atoms with Crippen LogP contribution in [0.5, 0.6) is 5.75 Å². The molecular weight excluding hydrogens is 233 g/mol. The van der Waals surface area contributed by atoms with Gasteiger partial charge < -0.3 is 9.84 Å². The molecule has 96 valence electrons. The Morgan fingerprint density at radius 1 is 1.29 bits per heavy atom. The molecule has 1 rings (SSSR count). The van der Waals surface area contributed by atoms with Gasteiger partial charge in [-0.25, -0.2) is 0 Å². The van der Waals surface area contributed by atoms with Gasteiger partial charge >= 0.3 is 6.18 Å². The summed E-state index contributed by atoms with van der Waals surface area (Å²) in [6, 6.07) is 5.43. The third-order valence-electron chi connectivity index (χ3n) is 2.42. The minimum absolute atomic E-state index is 0.224. The number of alkyl halides is 3. The first kappa shape index (κ1) is 13.8. The van der Waals surface area contributed by atoms with Crippen molar-refractivity contribution in [2.75, 3.05) is 6.61 Å². The average molecular weight is 248 g/mol. The minimum Gasteiger partial charge on any atom is -0.494 e. The van der Waals surface area contributed by atoms with Gasteiger partial charge in [0.2, 0.25) is 0 Å². The molecule has 0 spiro atoms. The molecule has 1 aromatic rings. The number of ether oxygens (including phenoxy) is 1. The van der Waals surface area contributed by atoms with Gasteiger partial charge in [-0.2, -0.15) is 13.2 Å². The Balaban J connectivity index is 2.99. The van der Waals surface area contributed by atoms with Gasteiger partial charge in [-0.15, -0.1) is 0 Å². The average Bonchev–Trinajstić information content (AvgIpc) is 2.25. The molecule has 1 aromatic carbocycles. The lowest BCUT2D eigenvalue weighted by molar-refractivity contribution is -0.258. The molecule has 0 saturated carbocycles. The highest BCUT2D eigenvalue weighted by atomic mass is 19.4. The van der Waals surface area contributed by atoms with Crippen LogP contribution in [0.4, 0.5) is 13.2 Å². The van der Waals surface area contributed by atoms with Gasteiger partial charge in [0, 0.05) is 0 Å². The molecule has 0 amide bonds. The van der Waals surface area contributed by atoms with Gasteiger partial charge in [-0.05, 0) is 31.0 Å². The van der Waals surface area contributed by atoms with Crippen LogP contribution in [0.15, 0.2) is 24.3 Å². The fourth-order valence-electron chi connectivity index (χ4n) is 1.27. The molecule has 0 radical (unpaired) electrons. The van der Waals surface area contributed by atoms with Crippen LogP contribution < -0.4 is 4.74 Å². The summed E-state index contributed by atoms with van der Waals surface area (Å²) >= 11 is 0. The number of halogens is 3. The molecule has 0 saturated heterocycles. The second-order valence-electron chi connectivity index (χ2n) is 3.95. The number of aliphatic hydroxyl groups is 1. The molecule has 0 aliphatic carbocycles. The van der Waals surface area contributed by atoms with Crippen LogP contribution in [0.25, 0.3) is 0 Å². The zero-order valence-electron chi connectivity index (χ0n) is 9.71. The molecule has 0 fully saturated rings. The van der Waals surface area contributed by atoms with Gasteiger partial charge in [0.25, 0.3) is 0 Å². The number of rotatable bonds is 4. The highest BCUT2D eigenvalue weighted by molar-refractivity contribution is 5.32. The summed E-state index contributed by atoms with van der Waals surface area (Å²) in [6.45, 7) is 3.05. The lowest BCUT2D eigenvalue weighted by atomic mass is 9.95. The molecule has 1 unspecified atom stereocenters. The highest BCUT2D eigenvalue weighted by Crippen LogP contribution is 2.39. The van der Waals surface area contributed by atoms with Crippen LogP contribution in [0.3, 0.4) is 0 Å². The predicted octanol–water partition coefficient (Wildman–Crippen LogP) is 3.25. The van der Waals surface area contributed by atoms with E-state index < -0.39 is 11.8 Å². The van der Waals surface area contributed by atoms with Crippen molar-refractivity contribution in [1.82, 2.24) is 0 Å². The minimum atomic E-state index is -4.71. The van der Waals surface area contributed by atoms with E-state index in [1.807, 2.05) is 6.92 Å². The topological polar surface area (TPSA) is 29.5 Å². The molecule has 0 aliphatic rings. The molecule has 0 aliphatic heterocycles. The van der Waals surface area contributed by atoms with Crippen LogP contribution >= 0.6 is 0 Å². The zero-order valence-corrected chi connectivity index (χ0v) is 9.71. The van der Waals surface area contributed by atoms with E-state index in [4.69, 9.17) is 4.74 Å². The van der Waals surface area contributed by atoms with Gasteiger partial charge in [0.1, 0.15) is 5.75 Å². The van der Waals surface area contributed by atoms with E-state index in [0.29, 0.717) is 12.4 Å². The van der Waals surface area contributed by atoms with Crippen molar-refractivity contribution < 1.29 is 23.0 Å². The maximum Gasteiger partial charge on any atom is 0.421 e. The largest absolute Gasteiger partial charge is 0.494 e. The Hall–Kier alpha value is -1.23. The molecular formula is C12H15F3O2. The summed E-state index contributed by atoms with van der Waals surface area (Å²) in [5.74, 6) is 0.328. The summed E-state index contributed by atoms with van der Waals surface area (Å²) in [6.07, 6.45) is -3.95. The molecule has 17 heavy (non-hydrogen) atoms. The van der Waals surface area contributed by atoms with E-state index in [1.54, 1.807) is 6.07 Å². The van der Waals surface area contributed by atoms with Crippen molar-refractivity contribution in [1.29, 1.82) is 0 Å². The third kappa shape index (κ3) is 3.12. The summed E-state index contributed by atoms with van der Waals surface area (Å²) in [5.41, 5.74) is -3.09. The molecule has 2 nitrogen and oxygen atoms in total. The van der Waals surface area contributed by atoms with Crippen molar-refractivity contribution in [3.63, 3.8) is 0 Å². The zero-order chi connectivity index (χ0) is 13.1. The van der Waals surface area contributed by atoms with Crippen LogP contribution in [0, 0.1) is 0 Å². The standard InChI is InChI=1S/C12H15F3O2/c1-3-7-17-10-6-4-5-9(8-10)11(2,16)12(13,14)15/h4-6,8,16H,3,7H2,1-2H3. The number of hydrogen-bond acceptors (Lipinski definition) is 2. The summed E-state index contributed by atoms with van der Waals surface area (Å²) in [4.78, 5) is 0. The van der Waals surface area contributed by atoms with Gasteiger partial charge in [-0.3, -0.25) is 0 Å². The van der Waals surface area contributed by atoms with E-state index in [2.05, 4.69) is 0 Å². The molecule has 0 heterocycles. The van der Waals surface area contributed by atoms with E-state index >= 15 is 0 Å². The first-order chi connectivity index (χ1) is 7.79. The predicted molar refractivity (Wildman–Crippen MR) is 57.9 cm³/mol. The monoisotopic (exact) mass is 248 g/mol. The van der Waals surface area contributed by atoms with E-state index in [9.17, 15) is 18.3 Å². The Labute approximate surface area is 98.0 Å². The SMILES string of the molecule is CCCOc1cccc(C(C)(O)C(F)(F)F)c1. The fraction of sp³-hybridized carbons (Fsp3) is 0.500. The molecule has 1 atom stereocenters. The lowest BCUT2D eigenvalue weighted by Crippen LogP contribution is -2.39. The van der Waals surface area contributed by atoms with Crippen LogP contribution in [0.2, 0.25) is 0 Å². The smallest absolute Gasteiger partial charge is 0.421 e. The number of hydrogen-bond donors (Lipinski definition) is 1. The van der Waals surface area contributed by atoms with Gasteiger partial charge in [-0.1, -0.05) is 19.1 Å². The number of benzene rings is 1. The van der Waals surface area contributed by atoms with E-state index in [-0.39, 0.29) is 5.56 Å². The first-order valence-electron chi connectivity index (χ1n) is 5.31. The fourth-order valence-corrected chi connectivity index (χ4v) is 1.27. The maximum atomic E-state index is 12.6. The molecule has 1 N–H and O–H groups in total. The third-order valence-corrected chi connectivity index (χ3v) is 2.42. The summed E-state index contributed by atoms with van der Waals surface area (Å²) < 4.78 is 43.1. The van der Waals surface area contributed by atoms with Crippen molar-refractivity contribution in [2.45, 2.75) is 32.0 Å². The quantitative estimate of drug-likeness (QED) is 0.886. The Bertz CT molecular complexity index is 372. The molecule has 5 heteroatoms. The van der Waals surface area contributed by atoms with Gasteiger partial charge in [0.15, 0.2) is 5.60 Å². The van der Waals surface area contributed by atoms with Crippen LogP contribution in [-0.4, -0.2) is 17.9 Å².